The van der Waals surface area contributed by atoms with Crippen LogP contribution in [-0.2, 0) is 4.79 Å². The lowest BCUT2D eigenvalue weighted by atomic mass is 10.8. The van der Waals surface area contributed by atoms with Gasteiger partial charge in [0.25, 0.3) is 0 Å². The second-order valence-corrected chi connectivity index (χ2v) is 0.659. The van der Waals surface area contributed by atoms with Crippen LogP contribution in [0.1, 0.15) is 0 Å². The molecule has 0 aliphatic carbocycles. The van der Waals surface area contributed by atoms with Crippen molar-refractivity contribution in [3.8, 4) is 0 Å². The molecule has 0 atom stereocenters. The van der Waals surface area contributed by atoms with E-state index in [1.54, 1.807) is 5.22 Å². The van der Waals surface area contributed by atoms with Crippen molar-refractivity contribution in [3.05, 3.63) is 5.53 Å². The molecule has 0 radical (unpaired) electrons. The Balaban J connectivity index is 2.66. The van der Waals surface area contributed by atoms with Gasteiger partial charge in [0.1, 0.15) is 6.29 Å². The van der Waals surface area contributed by atoms with E-state index in [2.05, 4.69) is 5.43 Å². The van der Waals surface area contributed by atoms with E-state index in [4.69, 9.17) is 5.53 Å². The Hall–Kier alpha value is -0.930. The Morgan fingerprint density at radius 2 is 2.67 bits per heavy atom. The molecule has 0 aliphatic heterocycles. The smallest absolute Gasteiger partial charge is 0.124 e. The molecule has 6 heavy (non-hydrogen) atoms. The summed E-state index contributed by atoms with van der Waals surface area (Å²) >= 11 is 0. The van der Waals surface area contributed by atoms with Gasteiger partial charge in [-0.1, -0.05) is 0 Å². The zero-order valence-corrected chi connectivity index (χ0v) is 3.14. The third-order valence-corrected chi connectivity index (χ3v) is 0.264. The van der Waals surface area contributed by atoms with Crippen LogP contribution in [0.4, 0.5) is 0 Å². The van der Waals surface area contributed by atoms with E-state index in [0.29, 0.717) is 6.29 Å². The molecule has 0 saturated carbocycles. The third kappa shape index (κ3) is 3.07. The molecular formula is C2H5N3O. The zero-order chi connectivity index (χ0) is 4.83. The fourth-order valence-corrected chi connectivity index (χ4v) is 0.0873. The van der Waals surface area contributed by atoms with Crippen LogP contribution in [0.5, 0.6) is 0 Å². The van der Waals surface area contributed by atoms with Crippen LogP contribution in [0.25, 0.3) is 5.53 Å². The van der Waals surface area contributed by atoms with Gasteiger partial charge in [0.15, 0.2) is 0 Å². The summed E-state index contributed by atoms with van der Waals surface area (Å²) in [5.41, 5.74) is 9.81. The van der Waals surface area contributed by atoms with Gasteiger partial charge in [-0.25, -0.2) is 0 Å². The molecule has 0 aromatic carbocycles. The molecule has 2 N–H and O–H groups in total. The lowest BCUT2D eigenvalue weighted by Gasteiger charge is -1.82. The Morgan fingerprint density at radius 1 is 2.00 bits per heavy atom. The topological polar surface area (TPSA) is 65.4 Å². The van der Waals surface area contributed by atoms with Crippen LogP contribution in [0.2, 0.25) is 0 Å². The van der Waals surface area contributed by atoms with Crippen LogP contribution in [-0.4, -0.2) is 12.8 Å². The van der Waals surface area contributed by atoms with E-state index in [1.807, 2.05) is 0 Å². The Kier molecular flexibility index (Phi) is 3.44. The van der Waals surface area contributed by atoms with Crippen LogP contribution in [0, 0.1) is 0 Å². The lowest BCUT2D eigenvalue weighted by Crippen LogP contribution is -2.75. The highest BCUT2D eigenvalue weighted by atomic mass is 16.1. The highest BCUT2D eigenvalue weighted by molar-refractivity contribution is 5.51. The minimum Gasteiger partial charge on any atom is -0.303 e. The van der Waals surface area contributed by atoms with E-state index < -0.39 is 0 Å². The second-order valence-electron chi connectivity index (χ2n) is 0.659. The number of rotatable bonds is 3. The van der Waals surface area contributed by atoms with Crippen molar-refractivity contribution in [2.24, 2.45) is 0 Å². The predicted molar refractivity (Wildman–Crippen MR) is 18.4 cm³/mol. The van der Waals surface area contributed by atoms with Crippen molar-refractivity contribution in [3.63, 3.8) is 0 Å². The van der Waals surface area contributed by atoms with Gasteiger partial charge in [-0.15, -0.1) is 0 Å². The molecule has 0 amide bonds. The Bertz CT molecular complexity index is 44.8. The number of carbonyl (C=O) groups excluding carboxylic acids is 1. The van der Waals surface area contributed by atoms with E-state index >= 15 is 0 Å². The first-order valence-corrected chi connectivity index (χ1v) is 1.47. The molecule has 4 heteroatoms. The highest BCUT2D eigenvalue weighted by Gasteiger charge is 1.64. The maximum absolute atomic E-state index is 9.35. The highest BCUT2D eigenvalue weighted by Crippen LogP contribution is 1.26. The number of hydrogen-bond acceptors (Lipinski definition) is 1. The lowest BCUT2D eigenvalue weighted by molar-refractivity contribution is -0.545. The molecule has 0 aromatic rings. The second kappa shape index (κ2) is 4.07. The number of nitrogens with one attached hydrogen (secondary N) is 2. The molecule has 34 valence electrons. The van der Waals surface area contributed by atoms with Gasteiger partial charge in [-0.2, -0.15) is 10.8 Å². The summed E-state index contributed by atoms with van der Waals surface area (Å²) in [6, 6.07) is 0. The number of nitrogens with zero attached hydrogens (tertiary/aromatic N) is 1. The van der Waals surface area contributed by atoms with Gasteiger partial charge in [-0.05, 0) is 0 Å². The first-order chi connectivity index (χ1) is 2.91. The molecular weight excluding hydrogens is 82.0 g/mol. The SMILES string of the molecule is [N-]=[NH+]NCC=O. The van der Waals surface area contributed by atoms with Gasteiger partial charge in [-0.3, -0.25) is 5.43 Å². The fourth-order valence-electron chi connectivity index (χ4n) is 0.0873. The maximum Gasteiger partial charge on any atom is 0.124 e. The summed E-state index contributed by atoms with van der Waals surface area (Å²) in [6.07, 6.45) is 0.628. The van der Waals surface area contributed by atoms with E-state index in [1.165, 1.54) is 0 Å². The van der Waals surface area contributed by atoms with Gasteiger partial charge in [0.2, 0.25) is 0 Å². The van der Waals surface area contributed by atoms with Crippen LogP contribution in [0.15, 0.2) is 0 Å². The largest absolute Gasteiger partial charge is 0.303 e. The average Bonchev–Trinajstić information content (AvgIpc) is 1.61. The first kappa shape index (κ1) is 5.07. The molecule has 0 unspecified atom stereocenters. The molecule has 0 aromatic heterocycles. The molecule has 0 spiro atoms. The van der Waals surface area contributed by atoms with E-state index in [0.717, 1.165) is 0 Å². The van der Waals surface area contributed by atoms with Gasteiger partial charge < -0.3 is 4.79 Å². The summed E-state index contributed by atoms with van der Waals surface area (Å²) in [5.74, 6) is 0. The molecule has 4 nitrogen and oxygen atoms in total. The maximum atomic E-state index is 9.35. The van der Waals surface area contributed by atoms with E-state index in [9.17, 15) is 4.79 Å². The van der Waals surface area contributed by atoms with E-state index in [-0.39, 0.29) is 6.54 Å². The third-order valence-electron chi connectivity index (χ3n) is 0.264. The molecule has 0 bridgehead atoms. The zero-order valence-electron chi connectivity index (χ0n) is 3.14. The number of hydrazine groups is 1. The summed E-state index contributed by atoms with van der Waals surface area (Å²) in [4.78, 5) is 9.35. The van der Waals surface area contributed by atoms with Crippen molar-refractivity contribution in [2.75, 3.05) is 6.54 Å². The summed E-state index contributed by atoms with van der Waals surface area (Å²) < 4.78 is 0. The van der Waals surface area contributed by atoms with Crippen molar-refractivity contribution in [2.45, 2.75) is 0 Å². The fraction of sp³-hybridized carbons (Fsp3) is 0.500. The number of hydrogen-bond donors (Lipinski definition) is 2. The molecule has 0 rings (SSSR count). The monoisotopic (exact) mass is 87.0 g/mol. The van der Waals surface area contributed by atoms with Crippen molar-refractivity contribution < 1.29 is 10.0 Å². The summed E-state index contributed by atoms with van der Waals surface area (Å²) in [6.45, 7) is 0.122. The van der Waals surface area contributed by atoms with Crippen molar-refractivity contribution >= 4 is 6.29 Å². The average molecular weight is 87.1 g/mol. The normalized spacial score (nSPS) is 6.67. The van der Waals surface area contributed by atoms with Crippen LogP contribution < -0.4 is 10.6 Å². The summed E-state index contributed by atoms with van der Waals surface area (Å²) in [5, 5.41) is 1.59. The minimum atomic E-state index is 0.122. The molecule has 0 saturated heterocycles. The van der Waals surface area contributed by atoms with Gasteiger partial charge >= 0.3 is 0 Å². The molecule has 0 aliphatic rings. The Morgan fingerprint density at radius 3 is 2.83 bits per heavy atom. The quantitative estimate of drug-likeness (QED) is 0.177. The first-order valence-electron chi connectivity index (χ1n) is 1.47. The predicted octanol–water partition coefficient (Wildman–Crippen LogP) is -2.21. The number of aldehydes is 1. The van der Waals surface area contributed by atoms with Gasteiger partial charge in [0, 0.05) is 0 Å². The summed E-state index contributed by atoms with van der Waals surface area (Å²) in [7, 11) is 0. The Labute approximate surface area is 35.0 Å². The van der Waals surface area contributed by atoms with Crippen molar-refractivity contribution in [1.29, 1.82) is 0 Å². The molecule has 0 heterocycles. The van der Waals surface area contributed by atoms with Gasteiger partial charge in [0.05, 0.1) is 6.54 Å². The van der Waals surface area contributed by atoms with Crippen LogP contribution in [0.3, 0.4) is 0 Å². The van der Waals surface area contributed by atoms with Crippen molar-refractivity contribution in [1.82, 2.24) is 5.43 Å². The number of carbonyl (C=O) groups is 1. The van der Waals surface area contributed by atoms with Crippen LogP contribution >= 0.6 is 0 Å². The minimum absolute atomic E-state index is 0.122. The molecule has 0 fully saturated rings. The standard InChI is InChI=1S/C2H5N3O/c3-5-4-1-2-6/h2,5H,1H2,(H-,3,4).